The summed E-state index contributed by atoms with van der Waals surface area (Å²) >= 11 is 0. The molecule has 2 aromatic rings. The normalized spacial score (nSPS) is 24.0. The SMILES string of the molecule is FC1(F)CCNC[C@H]1N1CC=NC=C1c1cnc2ccccn12. The summed E-state index contributed by atoms with van der Waals surface area (Å²) in [6, 6.07) is 4.79. The van der Waals surface area contributed by atoms with Crippen molar-refractivity contribution < 1.29 is 8.78 Å². The summed E-state index contributed by atoms with van der Waals surface area (Å²) in [5.74, 6) is -2.73. The predicted octanol–water partition coefficient (Wildman–Crippen LogP) is 2.02. The van der Waals surface area contributed by atoms with Gasteiger partial charge in [0.2, 0.25) is 0 Å². The Balaban J connectivity index is 1.76. The predicted molar refractivity (Wildman–Crippen MR) is 84.6 cm³/mol. The van der Waals surface area contributed by atoms with E-state index in [9.17, 15) is 8.78 Å². The molecule has 0 saturated carbocycles. The third-order valence-corrected chi connectivity index (χ3v) is 4.41. The number of halogens is 2. The molecule has 1 atom stereocenters. The van der Waals surface area contributed by atoms with E-state index in [-0.39, 0.29) is 13.0 Å². The van der Waals surface area contributed by atoms with Gasteiger partial charge in [0, 0.05) is 31.9 Å². The first-order chi connectivity index (χ1) is 11.2. The van der Waals surface area contributed by atoms with Crippen LogP contribution in [0.15, 0.2) is 41.8 Å². The monoisotopic (exact) mass is 317 g/mol. The molecule has 0 amide bonds. The third kappa shape index (κ3) is 2.41. The molecular formula is C16H17F2N5. The average Bonchev–Trinajstić information content (AvgIpc) is 2.98. The number of fused-ring (bicyclic) bond motifs is 1. The summed E-state index contributed by atoms with van der Waals surface area (Å²) in [4.78, 5) is 10.3. The molecule has 0 aliphatic carbocycles. The summed E-state index contributed by atoms with van der Waals surface area (Å²) in [5.41, 5.74) is 2.24. The fraction of sp³-hybridized carbons (Fsp3) is 0.375. The van der Waals surface area contributed by atoms with Crippen LogP contribution in [0, 0.1) is 0 Å². The van der Waals surface area contributed by atoms with E-state index in [0.29, 0.717) is 18.8 Å². The summed E-state index contributed by atoms with van der Waals surface area (Å²) in [6.07, 6.45) is 6.75. The van der Waals surface area contributed by atoms with Crippen LogP contribution in [0.1, 0.15) is 12.1 Å². The van der Waals surface area contributed by atoms with Crippen LogP contribution >= 0.6 is 0 Å². The second kappa shape index (κ2) is 5.42. The van der Waals surface area contributed by atoms with Crippen LogP contribution in [0.2, 0.25) is 0 Å². The van der Waals surface area contributed by atoms with Crippen LogP contribution < -0.4 is 5.32 Å². The maximum absolute atomic E-state index is 14.4. The van der Waals surface area contributed by atoms with E-state index in [2.05, 4.69) is 15.3 Å². The molecule has 1 fully saturated rings. The average molecular weight is 317 g/mol. The number of imidazole rings is 1. The molecule has 1 N–H and O–H groups in total. The van der Waals surface area contributed by atoms with Gasteiger partial charge in [0.1, 0.15) is 11.7 Å². The van der Waals surface area contributed by atoms with Crippen LogP contribution in [0.25, 0.3) is 11.3 Å². The van der Waals surface area contributed by atoms with Crippen molar-refractivity contribution in [1.29, 1.82) is 0 Å². The van der Waals surface area contributed by atoms with Crippen molar-refractivity contribution in [2.45, 2.75) is 18.4 Å². The van der Waals surface area contributed by atoms with Crippen molar-refractivity contribution >= 4 is 17.6 Å². The standard InChI is InChI=1S/C16H17F2N5/c17-16(18)4-5-19-11-14(16)22-8-6-20-9-12(22)13-10-21-15-3-1-2-7-23(13)15/h1-3,6-7,9-10,14,19H,4-5,8,11H2/t14-/m1/s1. The number of nitrogens with zero attached hydrogens (tertiary/aromatic N) is 4. The van der Waals surface area contributed by atoms with Gasteiger partial charge in [0.25, 0.3) is 5.92 Å². The molecule has 120 valence electrons. The third-order valence-electron chi connectivity index (χ3n) is 4.41. The minimum absolute atomic E-state index is 0.147. The largest absolute Gasteiger partial charge is 0.353 e. The summed E-state index contributed by atoms with van der Waals surface area (Å²) in [5, 5.41) is 3.07. The highest BCUT2D eigenvalue weighted by atomic mass is 19.3. The zero-order valence-electron chi connectivity index (χ0n) is 12.5. The van der Waals surface area contributed by atoms with Gasteiger partial charge < -0.3 is 10.2 Å². The molecule has 0 spiro atoms. The molecule has 7 heteroatoms. The summed E-state index contributed by atoms with van der Waals surface area (Å²) in [6.45, 7) is 0.975. The van der Waals surface area contributed by atoms with E-state index in [4.69, 9.17) is 0 Å². The quantitative estimate of drug-likeness (QED) is 0.922. The smallest absolute Gasteiger partial charge is 0.270 e. The molecule has 4 heterocycles. The Bertz CT molecular complexity index is 780. The Labute approximate surface area is 132 Å². The Hall–Kier alpha value is -2.28. The number of rotatable bonds is 2. The molecule has 2 aromatic heterocycles. The molecule has 0 unspecified atom stereocenters. The lowest BCUT2D eigenvalue weighted by molar-refractivity contribution is -0.0822. The van der Waals surface area contributed by atoms with E-state index in [1.807, 2.05) is 28.8 Å². The maximum atomic E-state index is 14.4. The highest BCUT2D eigenvalue weighted by molar-refractivity contribution is 5.74. The fourth-order valence-electron chi connectivity index (χ4n) is 3.21. The van der Waals surface area contributed by atoms with E-state index in [0.717, 1.165) is 11.3 Å². The van der Waals surface area contributed by atoms with Crippen molar-refractivity contribution in [3.8, 4) is 0 Å². The Morgan fingerprint density at radius 1 is 1.30 bits per heavy atom. The number of aromatic nitrogens is 2. The second-order valence-corrected chi connectivity index (χ2v) is 5.80. The van der Waals surface area contributed by atoms with Crippen molar-refractivity contribution in [3.63, 3.8) is 0 Å². The molecule has 2 aliphatic heterocycles. The molecule has 0 radical (unpaired) electrons. The lowest BCUT2D eigenvalue weighted by Gasteiger charge is -2.42. The zero-order chi connectivity index (χ0) is 15.9. The van der Waals surface area contributed by atoms with Gasteiger partial charge in [-0.1, -0.05) is 6.07 Å². The van der Waals surface area contributed by atoms with Crippen molar-refractivity contribution in [1.82, 2.24) is 19.6 Å². The molecule has 4 rings (SSSR count). The number of hydrogen-bond acceptors (Lipinski definition) is 4. The second-order valence-electron chi connectivity index (χ2n) is 5.80. The van der Waals surface area contributed by atoms with Gasteiger partial charge in [-0.05, 0) is 12.1 Å². The molecule has 23 heavy (non-hydrogen) atoms. The first-order valence-electron chi connectivity index (χ1n) is 7.66. The highest BCUT2D eigenvalue weighted by Gasteiger charge is 2.46. The number of piperidine rings is 1. The number of hydrogen-bond donors (Lipinski definition) is 1. The maximum Gasteiger partial charge on any atom is 0.270 e. The molecule has 2 aliphatic rings. The van der Waals surface area contributed by atoms with Gasteiger partial charge in [0.05, 0.1) is 30.3 Å². The number of alkyl halides is 2. The van der Waals surface area contributed by atoms with Crippen LogP contribution in [-0.2, 0) is 0 Å². The fourth-order valence-corrected chi connectivity index (χ4v) is 3.21. The Morgan fingerprint density at radius 3 is 3.09 bits per heavy atom. The number of pyridine rings is 1. The van der Waals surface area contributed by atoms with Crippen molar-refractivity contribution in [3.05, 3.63) is 42.5 Å². The van der Waals surface area contributed by atoms with E-state index in [1.54, 1.807) is 23.5 Å². The molecule has 5 nitrogen and oxygen atoms in total. The Morgan fingerprint density at radius 2 is 2.22 bits per heavy atom. The lowest BCUT2D eigenvalue weighted by Crippen LogP contribution is -2.57. The zero-order valence-corrected chi connectivity index (χ0v) is 12.5. The topological polar surface area (TPSA) is 44.9 Å². The van der Waals surface area contributed by atoms with E-state index in [1.165, 1.54) is 0 Å². The van der Waals surface area contributed by atoms with Gasteiger partial charge in [-0.2, -0.15) is 0 Å². The van der Waals surface area contributed by atoms with Crippen LogP contribution in [0.5, 0.6) is 0 Å². The molecular weight excluding hydrogens is 300 g/mol. The van der Waals surface area contributed by atoms with Crippen molar-refractivity contribution in [2.75, 3.05) is 19.6 Å². The van der Waals surface area contributed by atoms with E-state index < -0.39 is 12.0 Å². The van der Waals surface area contributed by atoms with Gasteiger partial charge in [-0.3, -0.25) is 9.39 Å². The minimum atomic E-state index is -2.73. The van der Waals surface area contributed by atoms with Crippen LogP contribution in [0.4, 0.5) is 8.78 Å². The van der Waals surface area contributed by atoms with E-state index >= 15 is 0 Å². The van der Waals surface area contributed by atoms with Crippen LogP contribution in [-0.4, -0.2) is 52.1 Å². The highest BCUT2D eigenvalue weighted by Crippen LogP contribution is 2.34. The summed E-state index contributed by atoms with van der Waals surface area (Å²) in [7, 11) is 0. The molecule has 0 aromatic carbocycles. The number of aliphatic imine (C=N–C) groups is 1. The Kier molecular flexibility index (Phi) is 3.37. The lowest BCUT2D eigenvalue weighted by atomic mass is 9.99. The van der Waals surface area contributed by atoms with Gasteiger partial charge in [-0.15, -0.1) is 0 Å². The minimum Gasteiger partial charge on any atom is -0.353 e. The van der Waals surface area contributed by atoms with Gasteiger partial charge >= 0.3 is 0 Å². The van der Waals surface area contributed by atoms with Crippen LogP contribution in [0.3, 0.4) is 0 Å². The first kappa shape index (κ1) is 14.3. The first-order valence-corrected chi connectivity index (χ1v) is 7.66. The summed E-state index contributed by atoms with van der Waals surface area (Å²) < 4.78 is 30.7. The van der Waals surface area contributed by atoms with Crippen molar-refractivity contribution in [2.24, 2.45) is 4.99 Å². The molecule has 0 bridgehead atoms. The van der Waals surface area contributed by atoms with Gasteiger partial charge in [0.15, 0.2) is 0 Å². The molecule has 1 saturated heterocycles. The number of nitrogens with one attached hydrogen (secondary N) is 1. The van der Waals surface area contributed by atoms with Gasteiger partial charge in [-0.25, -0.2) is 13.8 Å².